The first-order chi connectivity index (χ1) is 9.43. The monoisotopic (exact) mass is 278 g/mol. The van der Waals surface area contributed by atoms with Crippen LogP contribution in [0.15, 0.2) is 11.6 Å². The van der Waals surface area contributed by atoms with Gasteiger partial charge in [0.05, 0.1) is 0 Å². The molecular formula is C18H30O2. The lowest BCUT2D eigenvalue weighted by atomic mass is 9.56. The minimum absolute atomic E-state index is 0.132. The summed E-state index contributed by atoms with van der Waals surface area (Å²) in [5.74, 6) is 1.21. The Morgan fingerprint density at radius 1 is 1.45 bits per heavy atom. The van der Waals surface area contributed by atoms with Crippen molar-refractivity contribution in [2.24, 2.45) is 22.7 Å². The van der Waals surface area contributed by atoms with Crippen molar-refractivity contribution in [1.29, 1.82) is 0 Å². The maximum absolute atomic E-state index is 12.8. The largest absolute Gasteiger partial charge is 0.396 e. The van der Waals surface area contributed by atoms with E-state index in [1.807, 2.05) is 6.08 Å². The van der Waals surface area contributed by atoms with Crippen molar-refractivity contribution < 1.29 is 9.90 Å². The summed E-state index contributed by atoms with van der Waals surface area (Å²) in [7, 11) is 0. The molecule has 0 bridgehead atoms. The van der Waals surface area contributed by atoms with E-state index in [0.717, 1.165) is 25.7 Å². The number of allylic oxidation sites excluding steroid dienone is 2. The van der Waals surface area contributed by atoms with Crippen molar-refractivity contribution in [2.45, 2.75) is 66.2 Å². The molecule has 2 aliphatic rings. The van der Waals surface area contributed by atoms with E-state index >= 15 is 0 Å². The van der Waals surface area contributed by atoms with Crippen LogP contribution >= 0.6 is 0 Å². The molecule has 0 radical (unpaired) electrons. The van der Waals surface area contributed by atoms with Crippen LogP contribution in [0.3, 0.4) is 0 Å². The summed E-state index contributed by atoms with van der Waals surface area (Å²) in [6.07, 6.45) is 8.38. The number of aliphatic hydroxyl groups excluding tert-OH is 1. The fourth-order valence-corrected chi connectivity index (χ4v) is 4.99. The zero-order valence-corrected chi connectivity index (χ0v) is 13.5. The van der Waals surface area contributed by atoms with Crippen molar-refractivity contribution in [3.8, 4) is 0 Å². The third-order valence-corrected chi connectivity index (χ3v) is 6.14. The molecule has 1 saturated carbocycles. The normalized spacial score (nSPS) is 35.9. The van der Waals surface area contributed by atoms with Gasteiger partial charge >= 0.3 is 0 Å². The second-order valence-corrected chi connectivity index (χ2v) is 7.39. The molecular weight excluding hydrogens is 248 g/mol. The fraction of sp³-hybridized carbons (Fsp3) is 0.833. The Bertz CT molecular complexity index is 412. The molecule has 0 spiro atoms. The fourth-order valence-electron chi connectivity index (χ4n) is 4.99. The molecule has 2 heteroatoms. The highest BCUT2D eigenvalue weighted by Crippen LogP contribution is 2.64. The Kier molecular flexibility index (Phi) is 4.44. The quantitative estimate of drug-likeness (QED) is 0.742. The van der Waals surface area contributed by atoms with Crippen molar-refractivity contribution in [3.05, 3.63) is 11.6 Å². The Balaban J connectivity index is 2.33. The molecule has 20 heavy (non-hydrogen) atoms. The van der Waals surface area contributed by atoms with Crippen LogP contribution in [-0.2, 0) is 4.79 Å². The zero-order chi connectivity index (χ0) is 15.0. The number of rotatable bonds is 6. The van der Waals surface area contributed by atoms with Gasteiger partial charge < -0.3 is 5.11 Å². The number of carbonyl (C=O) groups is 1. The third kappa shape index (κ3) is 2.07. The molecule has 2 rings (SSSR count). The molecule has 0 heterocycles. The average molecular weight is 278 g/mol. The van der Waals surface area contributed by atoms with Crippen LogP contribution in [0.25, 0.3) is 0 Å². The minimum atomic E-state index is -0.320. The second-order valence-electron chi connectivity index (χ2n) is 7.39. The van der Waals surface area contributed by atoms with Crippen molar-refractivity contribution in [2.75, 3.05) is 6.61 Å². The summed E-state index contributed by atoms with van der Waals surface area (Å²) in [5, 5.41) is 10.1. The molecule has 4 unspecified atom stereocenters. The smallest absolute Gasteiger partial charge is 0.163 e. The molecule has 0 aromatic heterocycles. The highest BCUT2D eigenvalue weighted by Gasteiger charge is 2.63. The first-order valence-electron chi connectivity index (χ1n) is 8.26. The number of hydrogen-bond donors (Lipinski definition) is 1. The maximum atomic E-state index is 12.8. The summed E-state index contributed by atoms with van der Waals surface area (Å²) in [6.45, 7) is 8.86. The van der Waals surface area contributed by atoms with Gasteiger partial charge in [0.25, 0.3) is 0 Å². The molecule has 1 N–H and O–H groups in total. The van der Waals surface area contributed by atoms with Gasteiger partial charge in [-0.25, -0.2) is 0 Å². The Morgan fingerprint density at radius 2 is 2.15 bits per heavy atom. The van der Waals surface area contributed by atoms with E-state index in [4.69, 9.17) is 0 Å². The van der Waals surface area contributed by atoms with E-state index < -0.39 is 0 Å². The zero-order valence-electron chi connectivity index (χ0n) is 13.5. The number of carbonyl (C=O) groups excluding carboxylic acids is 1. The summed E-state index contributed by atoms with van der Waals surface area (Å²) in [5.41, 5.74) is 0.664. The van der Waals surface area contributed by atoms with Crippen LogP contribution in [0.2, 0.25) is 0 Å². The molecule has 1 fully saturated rings. The summed E-state index contributed by atoms with van der Waals surface area (Å²) in [4.78, 5) is 12.8. The Hall–Kier alpha value is -0.630. The number of unbranched alkanes of at least 4 members (excludes halogenated alkanes) is 2. The lowest BCUT2D eigenvalue weighted by molar-refractivity contribution is -0.136. The van der Waals surface area contributed by atoms with Gasteiger partial charge in [-0.05, 0) is 44.1 Å². The van der Waals surface area contributed by atoms with Gasteiger partial charge in [-0.3, -0.25) is 4.79 Å². The van der Waals surface area contributed by atoms with E-state index in [0.29, 0.717) is 11.8 Å². The van der Waals surface area contributed by atoms with E-state index in [9.17, 15) is 9.90 Å². The van der Waals surface area contributed by atoms with Gasteiger partial charge in [0, 0.05) is 17.4 Å². The van der Waals surface area contributed by atoms with E-state index in [1.165, 1.54) is 18.4 Å². The number of aliphatic hydroxyl groups is 1. The van der Waals surface area contributed by atoms with Crippen LogP contribution in [0.5, 0.6) is 0 Å². The van der Waals surface area contributed by atoms with Crippen molar-refractivity contribution in [3.63, 3.8) is 0 Å². The van der Waals surface area contributed by atoms with Gasteiger partial charge in [-0.2, -0.15) is 0 Å². The van der Waals surface area contributed by atoms with E-state index in [1.54, 1.807) is 0 Å². The van der Waals surface area contributed by atoms with Crippen LogP contribution in [-0.4, -0.2) is 17.5 Å². The minimum Gasteiger partial charge on any atom is -0.396 e. The van der Waals surface area contributed by atoms with Crippen molar-refractivity contribution in [1.82, 2.24) is 0 Å². The predicted molar refractivity (Wildman–Crippen MR) is 82.4 cm³/mol. The number of fused-ring (bicyclic) bond motifs is 1. The molecule has 0 amide bonds. The first-order valence-corrected chi connectivity index (χ1v) is 8.26. The third-order valence-electron chi connectivity index (χ3n) is 6.14. The van der Waals surface area contributed by atoms with Gasteiger partial charge in [0.15, 0.2) is 5.78 Å². The number of ketones is 1. The van der Waals surface area contributed by atoms with E-state index in [-0.39, 0.29) is 23.2 Å². The maximum Gasteiger partial charge on any atom is 0.163 e. The molecule has 114 valence electrons. The molecule has 2 aliphatic carbocycles. The van der Waals surface area contributed by atoms with Crippen molar-refractivity contribution >= 4 is 5.78 Å². The van der Waals surface area contributed by atoms with Gasteiger partial charge in [-0.15, -0.1) is 0 Å². The molecule has 2 nitrogen and oxygen atoms in total. The summed E-state index contributed by atoms with van der Waals surface area (Å²) < 4.78 is 0. The van der Waals surface area contributed by atoms with E-state index in [2.05, 4.69) is 27.7 Å². The highest BCUT2D eigenvalue weighted by molar-refractivity contribution is 6.00. The van der Waals surface area contributed by atoms with Gasteiger partial charge in [0.2, 0.25) is 0 Å². The lowest BCUT2D eigenvalue weighted by Gasteiger charge is -2.46. The van der Waals surface area contributed by atoms with Gasteiger partial charge in [0.1, 0.15) is 0 Å². The van der Waals surface area contributed by atoms with Crippen LogP contribution < -0.4 is 0 Å². The van der Waals surface area contributed by atoms with Crippen LogP contribution in [0, 0.1) is 22.7 Å². The van der Waals surface area contributed by atoms with Crippen LogP contribution in [0.1, 0.15) is 66.2 Å². The van der Waals surface area contributed by atoms with Crippen LogP contribution in [0.4, 0.5) is 0 Å². The molecule has 0 aliphatic heterocycles. The summed E-state index contributed by atoms with van der Waals surface area (Å²) >= 11 is 0. The van der Waals surface area contributed by atoms with Gasteiger partial charge in [-0.1, -0.05) is 45.6 Å². The average Bonchev–Trinajstić information content (AvgIpc) is 2.89. The second kappa shape index (κ2) is 5.63. The SMILES string of the molecule is CCCCCC(C)(CO)C12CCC(C)C1C(C)=CC2=O. The lowest BCUT2D eigenvalue weighted by Crippen LogP contribution is -2.48. The molecule has 0 saturated heterocycles. The molecule has 4 atom stereocenters. The first kappa shape index (κ1) is 15.8. The standard InChI is InChI=1S/C18H30O2/c1-5-6-7-9-17(4,12-19)18-10-8-13(2)16(18)14(3)11-15(18)20/h11,13,16,19H,5-10,12H2,1-4H3. The predicted octanol–water partition coefficient (Wildman–Crippen LogP) is 4.13. The summed E-state index contributed by atoms with van der Waals surface area (Å²) in [6, 6.07) is 0. The highest BCUT2D eigenvalue weighted by atomic mass is 16.3. The Morgan fingerprint density at radius 3 is 2.75 bits per heavy atom. The molecule has 0 aromatic carbocycles. The topological polar surface area (TPSA) is 37.3 Å². The Labute approximate surface area is 123 Å². The molecule has 0 aromatic rings. The number of hydrogen-bond acceptors (Lipinski definition) is 2.